The molecule has 0 spiro atoms. The molecule has 0 saturated carbocycles. The van der Waals surface area contributed by atoms with Crippen LogP contribution in [0.25, 0.3) is 0 Å². The van der Waals surface area contributed by atoms with Gasteiger partial charge in [0.25, 0.3) is 0 Å². The number of rotatable bonds is 3. The van der Waals surface area contributed by atoms with Gasteiger partial charge >= 0.3 is 11.9 Å². The topological polar surface area (TPSA) is 74.6 Å². The summed E-state index contributed by atoms with van der Waals surface area (Å²) >= 11 is 0. The second-order valence-corrected chi connectivity index (χ2v) is 4.41. The van der Waals surface area contributed by atoms with Crippen LogP contribution in [0.15, 0.2) is 42.5 Å². The SMILES string of the molecule is O=C(O)C1CC=CC(c2ccccc2)C1C(=O)O. The van der Waals surface area contributed by atoms with Crippen LogP contribution in [0.3, 0.4) is 0 Å². The molecule has 0 amide bonds. The average molecular weight is 246 g/mol. The molecule has 0 heterocycles. The van der Waals surface area contributed by atoms with Crippen molar-refractivity contribution in [3.05, 3.63) is 48.0 Å². The number of carboxylic acid groups (broad SMARTS) is 2. The molecule has 1 aromatic carbocycles. The van der Waals surface area contributed by atoms with Crippen molar-refractivity contribution < 1.29 is 19.8 Å². The van der Waals surface area contributed by atoms with Gasteiger partial charge in [-0.25, -0.2) is 0 Å². The maximum Gasteiger partial charge on any atom is 0.308 e. The molecule has 4 heteroatoms. The van der Waals surface area contributed by atoms with Gasteiger partial charge in [0, 0.05) is 5.92 Å². The van der Waals surface area contributed by atoms with Crippen LogP contribution in [0.1, 0.15) is 17.9 Å². The first kappa shape index (κ1) is 12.4. The Morgan fingerprint density at radius 3 is 2.28 bits per heavy atom. The summed E-state index contributed by atoms with van der Waals surface area (Å²) in [6, 6.07) is 9.16. The van der Waals surface area contributed by atoms with Crippen molar-refractivity contribution >= 4 is 11.9 Å². The number of allylic oxidation sites excluding steroid dienone is 2. The first-order chi connectivity index (χ1) is 8.61. The quantitative estimate of drug-likeness (QED) is 0.801. The zero-order chi connectivity index (χ0) is 13.1. The number of carboxylic acids is 2. The molecule has 4 nitrogen and oxygen atoms in total. The molecule has 18 heavy (non-hydrogen) atoms. The fourth-order valence-electron chi connectivity index (χ4n) is 2.46. The zero-order valence-electron chi connectivity index (χ0n) is 9.69. The van der Waals surface area contributed by atoms with Gasteiger partial charge in [0.1, 0.15) is 0 Å². The Hall–Kier alpha value is -2.10. The lowest BCUT2D eigenvalue weighted by atomic mass is 9.73. The van der Waals surface area contributed by atoms with Crippen molar-refractivity contribution in [1.29, 1.82) is 0 Å². The third kappa shape index (κ3) is 2.27. The fraction of sp³-hybridized carbons (Fsp3) is 0.286. The molecule has 94 valence electrons. The minimum absolute atomic E-state index is 0.273. The zero-order valence-corrected chi connectivity index (χ0v) is 9.69. The van der Waals surface area contributed by atoms with Crippen LogP contribution in [-0.2, 0) is 9.59 Å². The largest absolute Gasteiger partial charge is 0.481 e. The van der Waals surface area contributed by atoms with E-state index in [1.165, 1.54) is 0 Å². The second-order valence-electron chi connectivity index (χ2n) is 4.41. The van der Waals surface area contributed by atoms with Crippen LogP contribution < -0.4 is 0 Å². The predicted octanol–water partition coefficient (Wildman–Crippen LogP) is 2.13. The van der Waals surface area contributed by atoms with Crippen LogP contribution in [-0.4, -0.2) is 22.2 Å². The molecule has 3 atom stereocenters. The van der Waals surface area contributed by atoms with Crippen molar-refractivity contribution in [2.75, 3.05) is 0 Å². The number of aliphatic carboxylic acids is 2. The van der Waals surface area contributed by atoms with Gasteiger partial charge in [-0.1, -0.05) is 42.5 Å². The van der Waals surface area contributed by atoms with Gasteiger partial charge in [-0.05, 0) is 12.0 Å². The van der Waals surface area contributed by atoms with Crippen molar-refractivity contribution in [2.24, 2.45) is 11.8 Å². The van der Waals surface area contributed by atoms with Crippen LogP contribution >= 0.6 is 0 Å². The van der Waals surface area contributed by atoms with Crippen molar-refractivity contribution in [1.82, 2.24) is 0 Å². The van der Waals surface area contributed by atoms with Crippen molar-refractivity contribution in [3.63, 3.8) is 0 Å². The molecule has 0 radical (unpaired) electrons. The van der Waals surface area contributed by atoms with Crippen molar-refractivity contribution in [2.45, 2.75) is 12.3 Å². The second kappa shape index (κ2) is 5.04. The summed E-state index contributed by atoms with van der Waals surface area (Å²) in [7, 11) is 0. The maximum atomic E-state index is 11.4. The first-order valence-electron chi connectivity index (χ1n) is 5.78. The molecular formula is C14H14O4. The Labute approximate surface area is 105 Å². The van der Waals surface area contributed by atoms with Gasteiger partial charge in [0.2, 0.25) is 0 Å². The molecular weight excluding hydrogens is 232 g/mol. The summed E-state index contributed by atoms with van der Waals surface area (Å²) < 4.78 is 0. The van der Waals surface area contributed by atoms with Crippen LogP contribution in [0.5, 0.6) is 0 Å². The summed E-state index contributed by atoms with van der Waals surface area (Å²) in [6.07, 6.45) is 3.83. The lowest BCUT2D eigenvalue weighted by Gasteiger charge is -2.29. The molecule has 1 aliphatic rings. The van der Waals surface area contributed by atoms with E-state index >= 15 is 0 Å². The van der Waals surface area contributed by atoms with Gasteiger partial charge in [0.15, 0.2) is 0 Å². The summed E-state index contributed by atoms with van der Waals surface area (Å²) in [5, 5.41) is 18.4. The van der Waals surface area contributed by atoms with Gasteiger partial charge in [0.05, 0.1) is 11.8 Å². The van der Waals surface area contributed by atoms with E-state index in [0.717, 1.165) is 5.56 Å². The standard InChI is InChI=1S/C14H14O4/c15-13(16)11-8-4-7-10(12(11)14(17)18)9-5-2-1-3-6-9/h1-7,10-12H,8H2,(H,15,16)(H,17,18). The normalized spacial score (nSPS) is 26.8. The van der Waals surface area contributed by atoms with Crippen molar-refractivity contribution in [3.8, 4) is 0 Å². The third-order valence-electron chi connectivity index (χ3n) is 3.34. The summed E-state index contributed by atoms with van der Waals surface area (Å²) in [5.41, 5.74) is 0.840. The average Bonchev–Trinajstić information content (AvgIpc) is 2.38. The Morgan fingerprint density at radius 1 is 1.06 bits per heavy atom. The first-order valence-corrected chi connectivity index (χ1v) is 5.78. The van der Waals surface area contributed by atoms with Gasteiger partial charge in [-0.15, -0.1) is 0 Å². The fourth-order valence-corrected chi connectivity index (χ4v) is 2.46. The van der Waals surface area contributed by atoms with Gasteiger partial charge in [-0.3, -0.25) is 9.59 Å². The molecule has 0 saturated heterocycles. The van der Waals surface area contributed by atoms with Crippen LogP contribution in [0.2, 0.25) is 0 Å². The van der Waals surface area contributed by atoms with Gasteiger partial charge < -0.3 is 10.2 Å². The van der Waals surface area contributed by atoms with E-state index in [0.29, 0.717) is 0 Å². The van der Waals surface area contributed by atoms with E-state index in [1.54, 1.807) is 12.2 Å². The number of benzene rings is 1. The maximum absolute atomic E-state index is 11.4. The highest BCUT2D eigenvalue weighted by Gasteiger charge is 2.40. The number of hydrogen-bond donors (Lipinski definition) is 2. The molecule has 1 aromatic rings. The Bertz CT molecular complexity index is 478. The molecule has 2 N–H and O–H groups in total. The Kier molecular flexibility index (Phi) is 3.46. The highest BCUT2D eigenvalue weighted by molar-refractivity contribution is 5.81. The molecule has 1 aliphatic carbocycles. The minimum atomic E-state index is -1.05. The molecule has 0 fully saturated rings. The number of hydrogen-bond acceptors (Lipinski definition) is 2. The summed E-state index contributed by atoms with van der Waals surface area (Å²) in [5.74, 6) is -4.25. The lowest BCUT2D eigenvalue weighted by Crippen LogP contribution is -2.35. The Morgan fingerprint density at radius 2 is 1.72 bits per heavy atom. The molecule has 0 bridgehead atoms. The highest BCUT2D eigenvalue weighted by Crippen LogP contribution is 2.37. The monoisotopic (exact) mass is 246 g/mol. The molecule has 0 aliphatic heterocycles. The third-order valence-corrected chi connectivity index (χ3v) is 3.34. The minimum Gasteiger partial charge on any atom is -0.481 e. The summed E-state index contributed by atoms with van der Waals surface area (Å²) in [4.78, 5) is 22.5. The van der Waals surface area contributed by atoms with Crippen LogP contribution in [0.4, 0.5) is 0 Å². The Balaban J connectivity index is 2.39. The van der Waals surface area contributed by atoms with Crippen LogP contribution in [0, 0.1) is 11.8 Å². The van der Waals surface area contributed by atoms with E-state index in [1.807, 2.05) is 30.3 Å². The smallest absolute Gasteiger partial charge is 0.308 e. The van der Waals surface area contributed by atoms with Gasteiger partial charge in [-0.2, -0.15) is 0 Å². The molecule has 2 rings (SSSR count). The summed E-state index contributed by atoms with van der Waals surface area (Å²) in [6.45, 7) is 0. The van der Waals surface area contributed by atoms with E-state index in [-0.39, 0.29) is 12.3 Å². The lowest BCUT2D eigenvalue weighted by molar-refractivity contribution is -0.154. The number of carbonyl (C=O) groups is 2. The van der Waals surface area contributed by atoms with E-state index in [4.69, 9.17) is 5.11 Å². The molecule has 3 unspecified atom stereocenters. The highest BCUT2D eigenvalue weighted by atomic mass is 16.4. The van der Waals surface area contributed by atoms with E-state index in [9.17, 15) is 14.7 Å². The molecule has 0 aromatic heterocycles. The predicted molar refractivity (Wildman–Crippen MR) is 65.2 cm³/mol. The van der Waals surface area contributed by atoms with E-state index < -0.39 is 23.8 Å². The van der Waals surface area contributed by atoms with E-state index in [2.05, 4.69) is 0 Å².